The quantitative estimate of drug-likeness (QED) is 0.611. The molecule has 0 radical (unpaired) electrons. The van der Waals surface area contributed by atoms with Crippen molar-refractivity contribution in [2.24, 2.45) is 9.98 Å². The van der Waals surface area contributed by atoms with Crippen molar-refractivity contribution in [3.63, 3.8) is 0 Å². The fourth-order valence-corrected chi connectivity index (χ4v) is 3.50. The molecule has 0 N–H and O–H groups in total. The van der Waals surface area contributed by atoms with Gasteiger partial charge in [-0.3, -0.25) is 0 Å². The van der Waals surface area contributed by atoms with Crippen LogP contribution in [0.25, 0.3) is 0 Å². The molecule has 0 unspecified atom stereocenters. The fourth-order valence-electron chi connectivity index (χ4n) is 3.50. The van der Waals surface area contributed by atoms with E-state index in [0.29, 0.717) is 6.04 Å². The molecule has 124 valence electrons. The summed E-state index contributed by atoms with van der Waals surface area (Å²) < 4.78 is 0. The van der Waals surface area contributed by atoms with Crippen LogP contribution in [0.3, 0.4) is 0 Å². The Kier molecular flexibility index (Phi) is 4.99. The Hall–Kier alpha value is -1.84. The monoisotopic (exact) mass is 312 g/mol. The standard InChI is InChI=1S/C19H28N4/c1-15-8-6-9-16(14-15)20-19(21-18-12-7-13-22(18)2)23(3)17-10-4-5-11-17/h6,8-9,14,17H,4-5,7,10-13H2,1-3H3. The summed E-state index contributed by atoms with van der Waals surface area (Å²) in [6.45, 7) is 3.21. The Bertz CT molecular complexity index is 599. The first-order chi connectivity index (χ1) is 11.1. The molecule has 0 atom stereocenters. The van der Waals surface area contributed by atoms with E-state index in [1.807, 2.05) is 0 Å². The Balaban J connectivity index is 1.92. The van der Waals surface area contributed by atoms with Crippen LogP contribution in [0.1, 0.15) is 44.1 Å². The van der Waals surface area contributed by atoms with Crippen LogP contribution < -0.4 is 0 Å². The maximum absolute atomic E-state index is 4.94. The predicted molar refractivity (Wildman–Crippen MR) is 97.6 cm³/mol. The number of benzene rings is 1. The van der Waals surface area contributed by atoms with E-state index in [1.165, 1.54) is 43.5 Å². The van der Waals surface area contributed by atoms with Crippen molar-refractivity contribution in [3.8, 4) is 0 Å². The molecule has 23 heavy (non-hydrogen) atoms. The summed E-state index contributed by atoms with van der Waals surface area (Å²) in [5.41, 5.74) is 2.23. The summed E-state index contributed by atoms with van der Waals surface area (Å²) in [6.07, 6.45) is 7.41. The smallest absolute Gasteiger partial charge is 0.227 e. The second-order valence-corrected chi connectivity index (χ2v) is 6.85. The maximum Gasteiger partial charge on any atom is 0.227 e. The Morgan fingerprint density at radius 3 is 2.65 bits per heavy atom. The summed E-state index contributed by atoms with van der Waals surface area (Å²) >= 11 is 0. The van der Waals surface area contributed by atoms with Crippen LogP contribution in [0.2, 0.25) is 0 Å². The highest BCUT2D eigenvalue weighted by Gasteiger charge is 2.24. The molecule has 2 aliphatic rings. The normalized spacial score (nSPS) is 21.4. The van der Waals surface area contributed by atoms with Gasteiger partial charge in [-0.25, -0.2) is 4.99 Å². The molecule has 0 spiro atoms. The van der Waals surface area contributed by atoms with Crippen LogP contribution in [0.4, 0.5) is 5.69 Å². The minimum Gasteiger partial charge on any atom is -0.363 e. The van der Waals surface area contributed by atoms with Crippen molar-refractivity contribution in [2.45, 2.75) is 51.5 Å². The second kappa shape index (κ2) is 7.16. The highest BCUT2D eigenvalue weighted by atomic mass is 15.3. The van der Waals surface area contributed by atoms with E-state index < -0.39 is 0 Å². The average Bonchev–Trinajstić information content (AvgIpc) is 3.18. The number of nitrogens with zero attached hydrogens (tertiary/aromatic N) is 4. The highest BCUT2D eigenvalue weighted by molar-refractivity contribution is 5.97. The molecule has 0 amide bonds. The van der Waals surface area contributed by atoms with Gasteiger partial charge in [-0.15, -0.1) is 0 Å². The fraction of sp³-hybridized carbons (Fsp3) is 0.579. The molecule has 1 saturated heterocycles. The molecule has 0 bridgehead atoms. The van der Waals surface area contributed by atoms with Gasteiger partial charge in [0.2, 0.25) is 5.96 Å². The van der Waals surface area contributed by atoms with E-state index in [4.69, 9.17) is 9.98 Å². The van der Waals surface area contributed by atoms with Crippen molar-refractivity contribution in [1.82, 2.24) is 9.80 Å². The molecular formula is C19H28N4. The summed E-state index contributed by atoms with van der Waals surface area (Å²) in [6, 6.07) is 8.94. The SMILES string of the molecule is Cc1cccc(N=C(N=C2CCCN2C)N(C)C2CCCC2)c1. The first-order valence-corrected chi connectivity index (χ1v) is 8.80. The zero-order valence-electron chi connectivity index (χ0n) is 14.6. The first-order valence-electron chi connectivity index (χ1n) is 8.80. The first kappa shape index (κ1) is 16.0. The number of aliphatic imine (C=N–C) groups is 2. The zero-order chi connectivity index (χ0) is 16.2. The van der Waals surface area contributed by atoms with Gasteiger partial charge in [0.05, 0.1) is 5.69 Å². The minimum absolute atomic E-state index is 0.578. The molecule has 1 saturated carbocycles. The van der Waals surface area contributed by atoms with Gasteiger partial charge in [-0.05, 0) is 43.9 Å². The third-order valence-electron chi connectivity index (χ3n) is 4.98. The average molecular weight is 312 g/mol. The summed E-state index contributed by atoms with van der Waals surface area (Å²) in [7, 11) is 4.29. The molecule has 1 aliphatic carbocycles. The molecule has 1 aromatic carbocycles. The number of aryl methyl sites for hydroxylation is 1. The van der Waals surface area contributed by atoms with Gasteiger partial charge in [0.1, 0.15) is 5.84 Å². The van der Waals surface area contributed by atoms with Crippen molar-refractivity contribution in [1.29, 1.82) is 0 Å². The highest BCUT2D eigenvalue weighted by Crippen LogP contribution is 2.24. The molecule has 1 heterocycles. The molecular weight excluding hydrogens is 284 g/mol. The van der Waals surface area contributed by atoms with Crippen molar-refractivity contribution >= 4 is 17.5 Å². The van der Waals surface area contributed by atoms with Gasteiger partial charge in [-0.2, -0.15) is 4.99 Å². The van der Waals surface area contributed by atoms with Gasteiger partial charge in [-0.1, -0.05) is 25.0 Å². The Morgan fingerprint density at radius 2 is 2.00 bits per heavy atom. The largest absolute Gasteiger partial charge is 0.363 e. The summed E-state index contributed by atoms with van der Waals surface area (Å²) in [4.78, 5) is 14.4. The van der Waals surface area contributed by atoms with Gasteiger partial charge < -0.3 is 9.80 Å². The Labute approximate surface area is 139 Å². The minimum atomic E-state index is 0.578. The van der Waals surface area contributed by atoms with E-state index in [1.54, 1.807) is 0 Å². The molecule has 3 rings (SSSR count). The Morgan fingerprint density at radius 1 is 1.22 bits per heavy atom. The van der Waals surface area contributed by atoms with E-state index in [-0.39, 0.29) is 0 Å². The second-order valence-electron chi connectivity index (χ2n) is 6.85. The van der Waals surface area contributed by atoms with Crippen LogP contribution >= 0.6 is 0 Å². The summed E-state index contributed by atoms with van der Waals surface area (Å²) in [5, 5.41) is 0. The lowest BCUT2D eigenvalue weighted by Gasteiger charge is -2.26. The third-order valence-corrected chi connectivity index (χ3v) is 4.98. The van der Waals surface area contributed by atoms with Gasteiger partial charge in [0.25, 0.3) is 0 Å². The lowest BCUT2D eigenvalue weighted by atomic mass is 10.2. The van der Waals surface area contributed by atoms with Crippen LogP contribution in [0.15, 0.2) is 34.3 Å². The zero-order valence-corrected chi connectivity index (χ0v) is 14.6. The van der Waals surface area contributed by atoms with E-state index in [9.17, 15) is 0 Å². The maximum atomic E-state index is 4.94. The van der Waals surface area contributed by atoms with Crippen LogP contribution in [0, 0.1) is 6.92 Å². The number of guanidine groups is 1. The van der Waals surface area contributed by atoms with E-state index in [2.05, 4.69) is 55.1 Å². The lowest BCUT2D eigenvalue weighted by molar-refractivity contribution is 0.368. The molecule has 1 aromatic rings. The van der Waals surface area contributed by atoms with Gasteiger partial charge in [0.15, 0.2) is 0 Å². The topological polar surface area (TPSA) is 31.2 Å². The molecule has 0 aromatic heterocycles. The molecule has 2 fully saturated rings. The van der Waals surface area contributed by atoms with Crippen LogP contribution in [0.5, 0.6) is 0 Å². The van der Waals surface area contributed by atoms with Crippen LogP contribution in [-0.2, 0) is 0 Å². The van der Waals surface area contributed by atoms with Crippen molar-refractivity contribution in [3.05, 3.63) is 29.8 Å². The van der Waals surface area contributed by atoms with Gasteiger partial charge in [0, 0.05) is 33.1 Å². The van der Waals surface area contributed by atoms with Gasteiger partial charge >= 0.3 is 0 Å². The van der Waals surface area contributed by atoms with Crippen LogP contribution in [-0.4, -0.2) is 48.3 Å². The third kappa shape index (κ3) is 3.92. The van der Waals surface area contributed by atoms with Crippen molar-refractivity contribution < 1.29 is 0 Å². The van der Waals surface area contributed by atoms with Crippen molar-refractivity contribution in [2.75, 3.05) is 20.6 Å². The summed E-state index contributed by atoms with van der Waals surface area (Å²) in [5.74, 6) is 2.03. The number of hydrogen-bond acceptors (Lipinski definition) is 1. The van der Waals surface area contributed by atoms with E-state index in [0.717, 1.165) is 24.6 Å². The number of hydrogen-bond donors (Lipinski definition) is 0. The molecule has 1 aliphatic heterocycles. The number of amidine groups is 1. The number of likely N-dealkylation sites (tertiary alicyclic amines) is 1. The molecule has 4 nitrogen and oxygen atoms in total. The number of rotatable bonds is 2. The predicted octanol–water partition coefficient (Wildman–Crippen LogP) is 3.98. The lowest BCUT2D eigenvalue weighted by Crippen LogP contribution is -2.35. The van der Waals surface area contributed by atoms with E-state index >= 15 is 0 Å². The molecule has 4 heteroatoms.